The Bertz CT molecular complexity index is 618. The van der Waals surface area contributed by atoms with Crippen molar-refractivity contribution in [3.8, 4) is 0 Å². The van der Waals surface area contributed by atoms with Gasteiger partial charge in [0.05, 0.1) is 11.9 Å². The lowest BCUT2D eigenvalue weighted by Crippen LogP contribution is -2.40. The third kappa shape index (κ3) is 4.59. The fraction of sp³-hybridized carbons (Fsp3) is 0.625. The van der Waals surface area contributed by atoms with Crippen LogP contribution in [0.4, 0.5) is 5.69 Å². The number of nitrogens with zero attached hydrogens (tertiary/aromatic N) is 2. The Labute approximate surface area is 145 Å². The van der Waals surface area contributed by atoms with Gasteiger partial charge in [-0.3, -0.25) is 9.21 Å². The van der Waals surface area contributed by atoms with Crippen LogP contribution in [-0.4, -0.2) is 52.3 Å². The molecule has 7 heteroatoms. The third-order valence-corrected chi connectivity index (χ3v) is 5.77. The van der Waals surface area contributed by atoms with E-state index in [-0.39, 0.29) is 12.4 Å². The largest absolute Gasteiger partial charge is 0.316 e. The number of halogens is 1. The van der Waals surface area contributed by atoms with E-state index in [0.29, 0.717) is 12.5 Å². The van der Waals surface area contributed by atoms with E-state index in [9.17, 15) is 8.42 Å². The molecule has 0 radical (unpaired) electrons. The molecule has 5 nitrogen and oxygen atoms in total. The van der Waals surface area contributed by atoms with Gasteiger partial charge in [-0.05, 0) is 43.5 Å². The van der Waals surface area contributed by atoms with Crippen molar-refractivity contribution in [1.29, 1.82) is 0 Å². The van der Waals surface area contributed by atoms with Gasteiger partial charge in [-0.15, -0.1) is 12.4 Å². The average molecular weight is 360 g/mol. The fourth-order valence-electron chi connectivity index (χ4n) is 3.51. The first-order valence-corrected chi connectivity index (χ1v) is 9.87. The van der Waals surface area contributed by atoms with E-state index in [2.05, 4.69) is 10.2 Å². The van der Waals surface area contributed by atoms with E-state index in [1.165, 1.54) is 19.1 Å². The van der Waals surface area contributed by atoms with E-state index in [1.807, 2.05) is 24.3 Å². The zero-order valence-electron chi connectivity index (χ0n) is 13.6. The standard InChI is InChI=1S/C16H25N3O2S.ClH/c1-22(20,21)19-10-9-18(12-14-5-4-8-17-11-14)13-15-6-2-3-7-16(15)19;/h2-3,6-7,14,17H,4-5,8-13H2,1H3;1H. The lowest BCUT2D eigenvalue weighted by molar-refractivity contribution is 0.209. The molecule has 2 aliphatic rings. The Morgan fingerprint density at radius 3 is 2.74 bits per heavy atom. The Morgan fingerprint density at radius 1 is 1.26 bits per heavy atom. The number of fused-ring (bicyclic) bond motifs is 1. The highest BCUT2D eigenvalue weighted by molar-refractivity contribution is 7.92. The first kappa shape index (κ1) is 18.5. The Kier molecular flexibility index (Phi) is 6.31. The summed E-state index contributed by atoms with van der Waals surface area (Å²) in [6.45, 7) is 5.40. The zero-order chi connectivity index (χ0) is 15.6. The zero-order valence-corrected chi connectivity index (χ0v) is 15.2. The monoisotopic (exact) mass is 359 g/mol. The molecule has 2 aliphatic heterocycles. The quantitative estimate of drug-likeness (QED) is 0.892. The molecule has 0 spiro atoms. The number of rotatable bonds is 3. The van der Waals surface area contributed by atoms with E-state index in [0.717, 1.165) is 44.0 Å². The van der Waals surface area contributed by atoms with Gasteiger partial charge in [0, 0.05) is 26.2 Å². The van der Waals surface area contributed by atoms with Crippen molar-refractivity contribution in [3.63, 3.8) is 0 Å². The number of benzene rings is 1. The highest BCUT2D eigenvalue weighted by atomic mass is 35.5. The molecule has 1 fully saturated rings. The van der Waals surface area contributed by atoms with Crippen molar-refractivity contribution in [2.24, 2.45) is 5.92 Å². The van der Waals surface area contributed by atoms with Gasteiger partial charge in [0.15, 0.2) is 0 Å². The molecule has 23 heavy (non-hydrogen) atoms. The molecule has 1 atom stereocenters. The summed E-state index contributed by atoms with van der Waals surface area (Å²) in [5.41, 5.74) is 1.95. The van der Waals surface area contributed by atoms with Gasteiger partial charge in [0.2, 0.25) is 10.0 Å². The van der Waals surface area contributed by atoms with Crippen LogP contribution in [0.25, 0.3) is 0 Å². The minimum Gasteiger partial charge on any atom is -0.316 e. The van der Waals surface area contributed by atoms with Crippen molar-refractivity contribution in [2.75, 3.05) is 43.3 Å². The van der Waals surface area contributed by atoms with Crippen LogP contribution in [0, 0.1) is 5.92 Å². The molecule has 0 bridgehead atoms. The maximum Gasteiger partial charge on any atom is 0.232 e. The predicted molar refractivity (Wildman–Crippen MR) is 96.8 cm³/mol. The minimum absolute atomic E-state index is 0. The fourth-order valence-corrected chi connectivity index (χ4v) is 4.45. The SMILES string of the molecule is CS(=O)(=O)N1CCN(CC2CCCNC2)Cc2ccccc21.Cl. The van der Waals surface area contributed by atoms with Gasteiger partial charge in [-0.25, -0.2) is 8.42 Å². The second-order valence-corrected chi connectivity index (χ2v) is 8.32. The number of para-hydroxylation sites is 1. The summed E-state index contributed by atoms with van der Waals surface area (Å²) in [6, 6.07) is 7.87. The Hall–Kier alpha value is -0.820. The molecule has 1 N–H and O–H groups in total. The van der Waals surface area contributed by atoms with Crippen LogP contribution in [0.3, 0.4) is 0 Å². The summed E-state index contributed by atoms with van der Waals surface area (Å²) in [5, 5.41) is 3.46. The maximum atomic E-state index is 12.1. The van der Waals surface area contributed by atoms with Crippen LogP contribution in [-0.2, 0) is 16.6 Å². The molecule has 3 rings (SSSR count). The van der Waals surface area contributed by atoms with Crippen molar-refractivity contribution in [3.05, 3.63) is 29.8 Å². The molecule has 0 aromatic heterocycles. The van der Waals surface area contributed by atoms with Crippen LogP contribution >= 0.6 is 12.4 Å². The van der Waals surface area contributed by atoms with Crippen LogP contribution in [0.2, 0.25) is 0 Å². The molecule has 0 aliphatic carbocycles. The third-order valence-electron chi connectivity index (χ3n) is 4.59. The normalized spacial score (nSPS) is 22.8. The minimum atomic E-state index is -3.22. The van der Waals surface area contributed by atoms with Crippen molar-refractivity contribution >= 4 is 28.1 Å². The molecule has 1 saturated heterocycles. The highest BCUT2D eigenvalue weighted by Gasteiger charge is 2.26. The summed E-state index contributed by atoms with van der Waals surface area (Å²) in [7, 11) is -3.22. The second kappa shape index (κ2) is 7.83. The molecule has 1 aromatic rings. The van der Waals surface area contributed by atoms with E-state index in [1.54, 1.807) is 4.31 Å². The van der Waals surface area contributed by atoms with Gasteiger partial charge in [-0.1, -0.05) is 18.2 Å². The van der Waals surface area contributed by atoms with Crippen LogP contribution in [0.15, 0.2) is 24.3 Å². The number of sulfonamides is 1. The van der Waals surface area contributed by atoms with E-state index < -0.39 is 10.0 Å². The smallest absolute Gasteiger partial charge is 0.232 e. The van der Waals surface area contributed by atoms with E-state index in [4.69, 9.17) is 0 Å². The Morgan fingerprint density at radius 2 is 2.04 bits per heavy atom. The number of hydrogen-bond donors (Lipinski definition) is 1. The maximum absolute atomic E-state index is 12.1. The van der Waals surface area contributed by atoms with Crippen molar-refractivity contribution < 1.29 is 8.42 Å². The molecule has 1 aromatic carbocycles. The second-order valence-electron chi connectivity index (χ2n) is 6.41. The molecule has 0 saturated carbocycles. The summed E-state index contributed by atoms with van der Waals surface area (Å²) in [6.07, 6.45) is 3.80. The number of nitrogens with one attached hydrogen (secondary N) is 1. The van der Waals surface area contributed by atoms with Crippen LogP contribution in [0.1, 0.15) is 18.4 Å². The van der Waals surface area contributed by atoms with E-state index >= 15 is 0 Å². The summed E-state index contributed by atoms with van der Waals surface area (Å²) in [5.74, 6) is 0.672. The summed E-state index contributed by atoms with van der Waals surface area (Å²) < 4.78 is 25.7. The molecule has 130 valence electrons. The topological polar surface area (TPSA) is 52.7 Å². The predicted octanol–water partition coefficient (Wildman–Crippen LogP) is 1.69. The van der Waals surface area contributed by atoms with Gasteiger partial charge >= 0.3 is 0 Å². The number of piperidine rings is 1. The molecular weight excluding hydrogens is 334 g/mol. The summed E-state index contributed by atoms with van der Waals surface area (Å²) >= 11 is 0. The van der Waals surface area contributed by atoms with Gasteiger partial charge in [0.1, 0.15) is 0 Å². The van der Waals surface area contributed by atoms with Gasteiger partial charge < -0.3 is 5.32 Å². The van der Waals surface area contributed by atoms with Gasteiger partial charge in [-0.2, -0.15) is 0 Å². The molecular formula is C16H26ClN3O2S. The molecule has 1 unspecified atom stereocenters. The lowest BCUT2D eigenvalue weighted by atomic mass is 9.99. The van der Waals surface area contributed by atoms with Crippen LogP contribution < -0.4 is 9.62 Å². The lowest BCUT2D eigenvalue weighted by Gasteiger charge is -2.29. The van der Waals surface area contributed by atoms with Gasteiger partial charge in [0.25, 0.3) is 0 Å². The Balaban J connectivity index is 0.00000192. The number of anilines is 1. The molecule has 2 heterocycles. The molecule has 0 amide bonds. The average Bonchev–Trinajstić information content (AvgIpc) is 2.67. The number of hydrogen-bond acceptors (Lipinski definition) is 4. The van der Waals surface area contributed by atoms with Crippen molar-refractivity contribution in [2.45, 2.75) is 19.4 Å². The highest BCUT2D eigenvalue weighted by Crippen LogP contribution is 2.27. The summed E-state index contributed by atoms with van der Waals surface area (Å²) in [4.78, 5) is 2.40. The van der Waals surface area contributed by atoms with Crippen molar-refractivity contribution in [1.82, 2.24) is 10.2 Å². The van der Waals surface area contributed by atoms with Crippen LogP contribution in [0.5, 0.6) is 0 Å². The first-order valence-electron chi connectivity index (χ1n) is 8.03. The first-order chi connectivity index (χ1) is 10.5.